The number of unbranched alkanes of at least 4 members (excludes halogenated alkanes) is 2. The summed E-state index contributed by atoms with van der Waals surface area (Å²) in [6.45, 7) is 11.1. The second kappa shape index (κ2) is 17.9. The molecule has 0 aliphatic heterocycles. The average molecular weight is 483 g/mol. The fraction of sp³-hybridized carbons (Fsp3) is 1.00. The molecule has 0 aromatic carbocycles. The lowest BCUT2D eigenvalue weighted by molar-refractivity contribution is 0.118. The molecule has 0 aliphatic carbocycles. The molecule has 0 rings (SSSR count). The van der Waals surface area contributed by atoms with Crippen LogP contribution in [0.3, 0.4) is 0 Å². The largest absolute Gasteiger partial charge is 0.500 e. The van der Waals surface area contributed by atoms with E-state index in [4.69, 9.17) is 22.1 Å². The molecule has 0 bridgehead atoms. The van der Waals surface area contributed by atoms with Gasteiger partial charge in [-0.1, -0.05) is 26.7 Å². The summed E-state index contributed by atoms with van der Waals surface area (Å²) in [7, 11) is 3.80. The Bertz CT molecular complexity index is 390. The van der Waals surface area contributed by atoms with Crippen molar-refractivity contribution in [3.8, 4) is 0 Å². The van der Waals surface area contributed by atoms with Gasteiger partial charge in [-0.25, -0.2) is 0 Å². The Morgan fingerprint density at radius 1 is 0.833 bits per heavy atom. The van der Waals surface area contributed by atoms with Gasteiger partial charge >= 0.3 is 17.4 Å². The quantitative estimate of drug-likeness (QED) is 0.199. The van der Waals surface area contributed by atoms with Crippen molar-refractivity contribution in [3.05, 3.63) is 0 Å². The van der Waals surface area contributed by atoms with E-state index in [1.807, 2.05) is 0 Å². The van der Waals surface area contributed by atoms with Crippen molar-refractivity contribution in [2.45, 2.75) is 63.7 Å². The highest BCUT2D eigenvalue weighted by Crippen LogP contribution is 2.28. The number of hydrogen-bond donors (Lipinski definition) is 1. The minimum absolute atomic E-state index is 0.429. The Hall–Kier alpha value is 0.371. The highest BCUT2D eigenvalue weighted by Gasteiger charge is 2.46. The Balaban J connectivity index is 4.45. The van der Waals surface area contributed by atoms with Crippen LogP contribution in [0.25, 0.3) is 0 Å². The molecule has 0 heterocycles. The maximum absolute atomic E-state index is 5.85. The Morgan fingerprint density at radius 3 is 1.93 bits per heavy atom. The van der Waals surface area contributed by atoms with Crippen molar-refractivity contribution in [1.82, 2.24) is 10.2 Å². The number of nitrogens with zero attached hydrogens (tertiary/aromatic N) is 1. The molecule has 0 aromatic heterocycles. The molecular weight excluding hydrogens is 432 g/mol. The van der Waals surface area contributed by atoms with Crippen molar-refractivity contribution in [2.24, 2.45) is 0 Å². The van der Waals surface area contributed by atoms with Crippen molar-refractivity contribution in [3.63, 3.8) is 0 Å². The molecule has 0 fully saturated rings. The van der Waals surface area contributed by atoms with Crippen LogP contribution in [0, 0.1) is 0 Å². The van der Waals surface area contributed by atoms with Crippen molar-refractivity contribution in [2.75, 3.05) is 67.9 Å². The van der Waals surface area contributed by atoms with Crippen LogP contribution < -0.4 is 5.32 Å². The normalized spacial score (nSPS) is 14.3. The third-order valence-electron chi connectivity index (χ3n) is 6.29. The molecule has 7 nitrogen and oxygen atoms in total. The van der Waals surface area contributed by atoms with Crippen LogP contribution in [0.5, 0.6) is 0 Å². The lowest BCUT2D eigenvalue weighted by atomic mass is 10.2. The Morgan fingerprint density at radius 2 is 1.43 bits per heavy atom. The van der Waals surface area contributed by atoms with Gasteiger partial charge in [0.15, 0.2) is 0 Å². The first-order valence-electron chi connectivity index (χ1n) is 11.6. The van der Waals surface area contributed by atoms with Crippen molar-refractivity contribution >= 4 is 26.9 Å². The third-order valence-corrected chi connectivity index (χ3v) is 16.4. The van der Waals surface area contributed by atoms with E-state index >= 15 is 0 Å². The van der Waals surface area contributed by atoms with E-state index in [0.29, 0.717) is 5.16 Å². The first kappa shape index (κ1) is 30.4. The zero-order valence-electron chi connectivity index (χ0n) is 21.1. The topological polar surface area (TPSA) is 61.4 Å². The van der Waals surface area contributed by atoms with Crippen LogP contribution in [0.1, 0.15) is 46.0 Å². The molecule has 0 aliphatic rings. The lowest BCUT2D eigenvalue weighted by Gasteiger charge is -2.32. The minimum Gasteiger partial charge on any atom is -0.398 e. The summed E-state index contributed by atoms with van der Waals surface area (Å²) >= 11 is 0. The lowest BCUT2D eigenvalue weighted by Crippen LogP contribution is -2.51. The molecule has 1 N–H and O–H groups in total. The third kappa shape index (κ3) is 11.3. The van der Waals surface area contributed by atoms with E-state index in [-0.39, 0.29) is 0 Å². The summed E-state index contributed by atoms with van der Waals surface area (Å²) in [6, 6.07) is 1.01. The van der Waals surface area contributed by atoms with Crippen molar-refractivity contribution < 1.29 is 22.1 Å². The molecule has 0 spiro atoms. The van der Waals surface area contributed by atoms with Gasteiger partial charge in [0.1, 0.15) is 0 Å². The van der Waals surface area contributed by atoms with E-state index in [9.17, 15) is 0 Å². The molecule has 30 heavy (non-hydrogen) atoms. The second-order valence-corrected chi connectivity index (χ2v) is 17.7. The summed E-state index contributed by atoms with van der Waals surface area (Å²) in [6.07, 6.45) is 7.04. The fourth-order valence-corrected chi connectivity index (χ4v) is 12.1. The minimum atomic E-state index is -2.57. The van der Waals surface area contributed by atoms with Gasteiger partial charge in [0, 0.05) is 50.2 Å². The van der Waals surface area contributed by atoms with Gasteiger partial charge in [0.2, 0.25) is 0 Å². The van der Waals surface area contributed by atoms with E-state index in [0.717, 1.165) is 44.7 Å². The molecule has 182 valence electrons. The number of hydrogen-bond acceptors (Lipinski definition) is 7. The molecule has 1 unspecified atom stereocenters. The molecule has 0 radical (unpaired) electrons. The predicted molar refractivity (Wildman–Crippen MR) is 133 cm³/mol. The first-order chi connectivity index (χ1) is 14.4. The predicted octanol–water partition coefficient (Wildman–Crippen LogP) is 2.57. The van der Waals surface area contributed by atoms with Gasteiger partial charge in [0.25, 0.3) is 0 Å². The summed E-state index contributed by atoms with van der Waals surface area (Å²) in [5, 5.41) is 4.09. The van der Waals surface area contributed by atoms with Gasteiger partial charge in [0.05, 0.1) is 0 Å². The number of rotatable bonds is 21. The molecule has 0 saturated carbocycles. The molecule has 0 amide bonds. The number of nitrogens with one attached hydrogen (secondary N) is 1. The summed E-state index contributed by atoms with van der Waals surface area (Å²) in [4.78, 5) is 2.50. The van der Waals surface area contributed by atoms with Crippen LogP contribution in [-0.2, 0) is 22.1 Å². The fourth-order valence-electron chi connectivity index (χ4n) is 3.91. The van der Waals surface area contributed by atoms with Gasteiger partial charge < -0.3 is 32.3 Å². The standard InChI is InChI=1S/C20H50N2O5Si3/c1-9-22(10-2)17-13-11-12-15-20(30(25-5,26-6)27-7)28-19-21-16-14-18-29(8,23-3)24-4/h20-21H,9-19,28H2,1-8H3. The zero-order valence-corrected chi connectivity index (χ0v) is 24.5. The van der Waals surface area contributed by atoms with Crippen LogP contribution in [-0.4, -0.2) is 99.7 Å². The second-order valence-electron chi connectivity index (χ2n) is 7.97. The SMILES string of the molecule is CCN(CC)CCCCCC([SiH2]CNCCC[Si](C)(OC)OC)[Si](OC)(OC)OC. The van der Waals surface area contributed by atoms with Crippen LogP contribution in [0.4, 0.5) is 0 Å². The van der Waals surface area contributed by atoms with E-state index in [1.54, 1.807) is 35.5 Å². The highest BCUT2D eigenvalue weighted by atomic mass is 28.4. The molecular formula is C20H50N2O5Si3. The molecule has 0 saturated heterocycles. The maximum Gasteiger partial charge on any atom is 0.500 e. The highest BCUT2D eigenvalue weighted by molar-refractivity contribution is 6.73. The summed E-state index contributed by atoms with van der Waals surface area (Å²) in [5.74, 6) is 0. The van der Waals surface area contributed by atoms with E-state index in [1.165, 1.54) is 25.8 Å². The Kier molecular flexibility index (Phi) is 18.1. The van der Waals surface area contributed by atoms with E-state index < -0.39 is 26.9 Å². The molecule has 10 heteroatoms. The first-order valence-corrected chi connectivity index (χ1v) is 17.7. The van der Waals surface area contributed by atoms with Crippen LogP contribution >= 0.6 is 0 Å². The maximum atomic E-state index is 5.85. The van der Waals surface area contributed by atoms with Crippen LogP contribution in [0.15, 0.2) is 0 Å². The van der Waals surface area contributed by atoms with Crippen molar-refractivity contribution in [1.29, 1.82) is 0 Å². The van der Waals surface area contributed by atoms with E-state index in [2.05, 4.69) is 30.6 Å². The van der Waals surface area contributed by atoms with Gasteiger partial charge in [-0.3, -0.25) is 0 Å². The molecule has 0 aromatic rings. The van der Waals surface area contributed by atoms with Crippen LogP contribution in [0.2, 0.25) is 17.8 Å². The molecule has 1 atom stereocenters. The van der Waals surface area contributed by atoms with Gasteiger partial charge in [-0.05, 0) is 64.2 Å². The summed E-state index contributed by atoms with van der Waals surface area (Å²) < 4.78 is 28.7. The summed E-state index contributed by atoms with van der Waals surface area (Å²) in [5.41, 5.74) is 0. The monoisotopic (exact) mass is 482 g/mol. The Labute approximate surface area is 191 Å². The van der Waals surface area contributed by atoms with Gasteiger partial charge in [-0.15, -0.1) is 0 Å². The van der Waals surface area contributed by atoms with Gasteiger partial charge in [-0.2, -0.15) is 0 Å². The zero-order chi connectivity index (χ0) is 22.9. The smallest absolute Gasteiger partial charge is 0.398 e. The average Bonchev–Trinajstić information content (AvgIpc) is 2.79.